The minimum absolute atomic E-state index is 0.0460. The Morgan fingerprint density at radius 1 is 1.25 bits per heavy atom. The summed E-state index contributed by atoms with van der Waals surface area (Å²) in [6.45, 7) is 0.162. The van der Waals surface area contributed by atoms with Crippen LogP contribution in [-0.4, -0.2) is 43.7 Å². The van der Waals surface area contributed by atoms with Gasteiger partial charge < -0.3 is 14.4 Å². The standard InChI is InChI=1S/C17H21N3O4/c1-23-17(22)15-9-20(13-4-2-3-5-14(13)24-15)16(21)12-8-11(18-19-12)10-6-7-10/h2-5,10-12,15,18-19H,6-9H2,1H3. The SMILES string of the molecule is COC(=O)C1CN(C(=O)C2CC(C3CC3)NN2)c2ccccc2O1. The Kier molecular flexibility index (Phi) is 3.90. The number of nitrogens with zero attached hydrogens (tertiary/aromatic N) is 1. The van der Waals surface area contributed by atoms with Gasteiger partial charge in [-0.3, -0.25) is 10.2 Å². The Labute approximate surface area is 140 Å². The maximum Gasteiger partial charge on any atom is 0.348 e. The van der Waals surface area contributed by atoms with Crippen molar-refractivity contribution in [3.05, 3.63) is 24.3 Å². The first-order valence-corrected chi connectivity index (χ1v) is 8.33. The third-order valence-electron chi connectivity index (χ3n) is 4.93. The summed E-state index contributed by atoms with van der Waals surface area (Å²) in [5, 5.41) is 0. The molecule has 7 nitrogen and oxygen atoms in total. The molecule has 0 radical (unpaired) electrons. The molecule has 2 fully saturated rings. The number of hydrogen-bond acceptors (Lipinski definition) is 6. The molecule has 1 saturated carbocycles. The van der Waals surface area contributed by atoms with E-state index in [1.54, 1.807) is 11.0 Å². The van der Waals surface area contributed by atoms with E-state index in [4.69, 9.17) is 9.47 Å². The monoisotopic (exact) mass is 331 g/mol. The van der Waals surface area contributed by atoms with Crippen LogP contribution in [0.4, 0.5) is 5.69 Å². The number of ether oxygens (including phenoxy) is 2. The van der Waals surface area contributed by atoms with Crippen molar-refractivity contribution in [2.45, 2.75) is 37.5 Å². The smallest absolute Gasteiger partial charge is 0.348 e. The topological polar surface area (TPSA) is 79.9 Å². The van der Waals surface area contributed by atoms with E-state index in [0.29, 0.717) is 23.4 Å². The minimum atomic E-state index is -0.803. The van der Waals surface area contributed by atoms with Crippen LogP contribution in [0.2, 0.25) is 0 Å². The molecule has 0 spiro atoms. The van der Waals surface area contributed by atoms with E-state index in [1.165, 1.54) is 20.0 Å². The van der Waals surface area contributed by atoms with Crippen LogP contribution >= 0.6 is 0 Å². The highest BCUT2D eigenvalue weighted by Crippen LogP contribution is 2.37. The van der Waals surface area contributed by atoms with Crippen molar-refractivity contribution in [3.63, 3.8) is 0 Å². The third-order valence-corrected chi connectivity index (χ3v) is 4.93. The average molecular weight is 331 g/mol. The zero-order chi connectivity index (χ0) is 16.7. The molecule has 1 aromatic carbocycles. The summed E-state index contributed by atoms with van der Waals surface area (Å²) in [7, 11) is 1.32. The molecule has 1 saturated heterocycles. The van der Waals surface area contributed by atoms with Crippen LogP contribution in [0, 0.1) is 5.92 Å². The molecule has 1 aliphatic carbocycles. The van der Waals surface area contributed by atoms with Crippen LogP contribution < -0.4 is 20.5 Å². The number of hydrogen-bond donors (Lipinski definition) is 2. The van der Waals surface area contributed by atoms with Crippen molar-refractivity contribution in [1.29, 1.82) is 0 Å². The minimum Gasteiger partial charge on any atom is -0.475 e. The van der Waals surface area contributed by atoms with Crippen molar-refractivity contribution < 1.29 is 19.1 Å². The lowest BCUT2D eigenvalue weighted by Gasteiger charge is -2.34. The van der Waals surface area contributed by atoms with Crippen molar-refractivity contribution in [2.24, 2.45) is 5.92 Å². The number of carbonyl (C=O) groups excluding carboxylic acids is 2. The van der Waals surface area contributed by atoms with Crippen molar-refractivity contribution in [2.75, 3.05) is 18.6 Å². The number of esters is 1. The van der Waals surface area contributed by atoms with Crippen molar-refractivity contribution in [3.8, 4) is 5.75 Å². The van der Waals surface area contributed by atoms with Gasteiger partial charge in [0.2, 0.25) is 12.0 Å². The third kappa shape index (κ3) is 2.74. The summed E-state index contributed by atoms with van der Waals surface area (Å²) < 4.78 is 10.5. The van der Waals surface area contributed by atoms with Gasteiger partial charge in [-0.25, -0.2) is 10.2 Å². The molecule has 24 heavy (non-hydrogen) atoms. The van der Waals surface area contributed by atoms with E-state index in [2.05, 4.69) is 10.9 Å². The number of carbonyl (C=O) groups is 2. The first kappa shape index (κ1) is 15.4. The summed E-state index contributed by atoms with van der Waals surface area (Å²) in [5.41, 5.74) is 7.05. The van der Waals surface area contributed by atoms with Crippen LogP contribution in [0.5, 0.6) is 5.75 Å². The number of amides is 1. The van der Waals surface area contributed by atoms with Crippen molar-refractivity contribution in [1.82, 2.24) is 10.9 Å². The average Bonchev–Trinajstić information content (AvgIpc) is 3.36. The molecule has 3 aliphatic rings. The lowest BCUT2D eigenvalue weighted by Crippen LogP contribution is -2.52. The van der Waals surface area contributed by atoms with Gasteiger partial charge in [-0.1, -0.05) is 12.1 Å². The van der Waals surface area contributed by atoms with Gasteiger partial charge in [0.1, 0.15) is 11.8 Å². The highest BCUT2D eigenvalue weighted by Gasteiger charge is 2.42. The lowest BCUT2D eigenvalue weighted by molar-refractivity contribution is -0.148. The van der Waals surface area contributed by atoms with Gasteiger partial charge in [0, 0.05) is 6.04 Å². The number of benzene rings is 1. The highest BCUT2D eigenvalue weighted by atomic mass is 16.6. The van der Waals surface area contributed by atoms with Crippen LogP contribution in [0.25, 0.3) is 0 Å². The van der Waals surface area contributed by atoms with Gasteiger partial charge in [0.15, 0.2) is 0 Å². The fourth-order valence-electron chi connectivity index (χ4n) is 3.44. The van der Waals surface area contributed by atoms with Crippen molar-refractivity contribution >= 4 is 17.6 Å². The van der Waals surface area contributed by atoms with Gasteiger partial charge in [-0.15, -0.1) is 0 Å². The van der Waals surface area contributed by atoms with E-state index >= 15 is 0 Å². The molecule has 1 aromatic rings. The quantitative estimate of drug-likeness (QED) is 0.790. The first-order valence-electron chi connectivity index (χ1n) is 8.33. The second kappa shape index (κ2) is 6.07. The second-order valence-electron chi connectivity index (χ2n) is 6.57. The molecule has 4 rings (SSSR count). The van der Waals surface area contributed by atoms with Crippen LogP contribution in [0.1, 0.15) is 19.3 Å². The molecule has 128 valence electrons. The normalized spacial score (nSPS) is 28.9. The summed E-state index contributed by atoms with van der Waals surface area (Å²) in [6.07, 6.45) is 2.42. The van der Waals surface area contributed by atoms with Gasteiger partial charge in [-0.05, 0) is 37.3 Å². The predicted octanol–water partition coefficient (Wildman–Crippen LogP) is 0.599. The fraction of sp³-hybridized carbons (Fsp3) is 0.529. The maximum atomic E-state index is 13.0. The van der Waals surface area contributed by atoms with E-state index < -0.39 is 12.1 Å². The molecular formula is C17H21N3O4. The van der Waals surface area contributed by atoms with Crippen LogP contribution in [0.15, 0.2) is 24.3 Å². The van der Waals surface area contributed by atoms with E-state index in [-0.39, 0.29) is 18.5 Å². The van der Waals surface area contributed by atoms with E-state index in [0.717, 1.165) is 6.42 Å². The number of fused-ring (bicyclic) bond motifs is 1. The fourth-order valence-corrected chi connectivity index (χ4v) is 3.44. The van der Waals surface area contributed by atoms with Gasteiger partial charge in [0.25, 0.3) is 0 Å². The number of para-hydroxylation sites is 2. The molecule has 0 aromatic heterocycles. The molecule has 3 atom stereocenters. The predicted molar refractivity (Wildman–Crippen MR) is 86.4 cm³/mol. The molecule has 1 amide bonds. The van der Waals surface area contributed by atoms with Gasteiger partial charge >= 0.3 is 5.97 Å². The molecule has 2 heterocycles. The number of rotatable bonds is 3. The first-order chi connectivity index (χ1) is 11.7. The number of hydrazine groups is 1. The summed E-state index contributed by atoms with van der Waals surface area (Å²) in [5.74, 6) is 0.679. The maximum absolute atomic E-state index is 13.0. The Balaban J connectivity index is 1.56. The van der Waals surface area contributed by atoms with Crippen LogP contribution in [-0.2, 0) is 14.3 Å². The van der Waals surface area contributed by atoms with E-state index in [1.807, 2.05) is 18.2 Å². The molecule has 3 unspecified atom stereocenters. The number of methoxy groups -OCH3 is 1. The molecular weight excluding hydrogens is 310 g/mol. The zero-order valence-corrected chi connectivity index (χ0v) is 13.5. The lowest BCUT2D eigenvalue weighted by atomic mass is 10.0. The Bertz CT molecular complexity index is 661. The Morgan fingerprint density at radius 2 is 2.04 bits per heavy atom. The van der Waals surface area contributed by atoms with Crippen LogP contribution in [0.3, 0.4) is 0 Å². The Hall–Kier alpha value is -2.12. The van der Waals surface area contributed by atoms with Gasteiger partial charge in [0.05, 0.1) is 19.3 Å². The number of nitrogens with one attached hydrogen (secondary N) is 2. The second-order valence-corrected chi connectivity index (χ2v) is 6.57. The zero-order valence-electron chi connectivity index (χ0n) is 13.5. The molecule has 2 N–H and O–H groups in total. The summed E-state index contributed by atoms with van der Waals surface area (Å²) >= 11 is 0. The Morgan fingerprint density at radius 3 is 2.79 bits per heavy atom. The number of anilines is 1. The van der Waals surface area contributed by atoms with E-state index in [9.17, 15) is 9.59 Å². The van der Waals surface area contributed by atoms with Gasteiger partial charge in [-0.2, -0.15) is 0 Å². The largest absolute Gasteiger partial charge is 0.475 e. The highest BCUT2D eigenvalue weighted by molar-refractivity contribution is 6.00. The summed E-state index contributed by atoms with van der Waals surface area (Å²) in [6, 6.07) is 7.33. The molecule has 7 heteroatoms. The summed E-state index contributed by atoms with van der Waals surface area (Å²) in [4.78, 5) is 26.6. The molecule has 0 bridgehead atoms. The molecule has 2 aliphatic heterocycles.